The van der Waals surface area contributed by atoms with Crippen LogP contribution in [-0.2, 0) is 14.3 Å². The van der Waals surface area contributed by atoms with E-state index in [0.717, 1.165) is 4.90 Å². The highest BCUT2D eigenvalue weighted by Gasteiger charge is 2.34. The van der Waals surface area contributed by atoms with Crippen LogP contribution in [0.25, 0.3) is 0 Å². The summed E-state index contributed by atoms with van der Waals surface area (Å²) in [5, 5.41) is 2.75. The first-order valence-corrected chi connectivity index (χ1v) is 7.93. The number of benzene rings is 1. The van der Waals surface area contributed by atoms with Gasteiger partial charge in [-0.1, -0.05) is 12.1 Å². The van der Waals surface area contributed by atoms with Crippen molar-refractivity contribution in [3.63, 3.8) is 0 Å². The minimum Gasteiger partial charge on any atom is -0.382 e. The number of hydrogen-bond acceptors (Lipinski definition) is 5. The van der Waals surface area contributed by atoms with Crippen LogP contribution < -0.4 is 5.32 Å². The summed E-state index contributed by atoms with van der Waals surface area (Å²) in [6.45, 7) is 2.20. The molecule has 3 amide bonds. The molecule has 0 bridgehead atoms. The second-order valence-corrected chi connectivity index (χ2v) is 5.37. The molecule has 0 aromatic heterocycles. The maximum atomic E-state index is 12.2. The van der Waals surface area contributed by atoms with Gasteiger partial charge >= 0.3 is 0 Å². The average molecular weight is 334 g/mol. The molecule has 2 rings (SSSR count). The number of carbonyl (C=O) groups excluding carboxylic acids is 3. The molecule has 0 aliphatic carbocycles. The Morgan fingerprint density at radius 1 is 1.08 bits per heavy atom. The number of imide groups is 1. The van der Waals surface area contributed by atoms with Crippen LogP contribution in [0.3, 0.4) is 0 Å². The third kappa shape index (κ3) is 4.62. The standard InChI is InChI=1S/C17H22N2O5/c1-23-11-12-24-10-4-8-18-15(20)7-9-19-16(21)13-5-2-3-6-14(13)17(19)22/h2-3,5-6H,4,7-12H2,1H3,(H,18,20). The lowest BCUT2D eigenvalue weighted by Crippen LogP contribution is -2.35. The summed E-state index contributed by atoms with van der Waals surface area (Å²) in [6.07, 6.45) is 0.790. The summed E-state index contributed by atoms with van der Waals surface area (Å²) < 4.78 is 10.1. The zero-order valence-corrected chi connectivity index (χ0v) is 13.7. The Morgan fingerprint density at radius 2 is 1.75 bits per heavy atom. The van der Waals surface area contributed by atoms with Gasteiger partial charge < -0.3 is 14.8 Å². The van der Waals surface area contributed by atoms with E-state index in [9.17, 15) is 14.4 Å². The van der Waals surface area contributed by atoms with Crippen LogP contribution in [0.1, 0.15) is 33.6 Å². The van der Waals surface area contributed by atoms with Crippen molar-refractivity contribution >= 4 is 17.7 Å². The predicted octanol–water partition coefficient (Wildman–Crippen LogP) is 0.842. The van der Waals surface area contributed by atoms with Crippen LogP contribution in [0.5, 0.6) is 0 Å². The van der Waals surface area contributed by atoms with Crippen LogP contribution in [0.2, 0.25) is 0 Å². The Balaban J connectivity index is 1.66. The summed E-state index contributed by atoms with van der Waals surface area (Å²) in [5.41, 5.74) is 0.798. The molecule has 0 atom stereocenters. The van der Waals surface area contributed by atoms with E-state index in [1.54, 1.807) is 31.4 Å². The lowest BCUT2D eigenvalue weighted by molar-refractivity contribution is -0.121. The van der Waals surface area contributed by atoms with Crippen LogP contribution in [0.4, 0.5) is 0 Å². The lowest BCUT2D eigenvalue weighted by Gasteiger charge is -2.13. The maximum Gasteiger partial charge on any atom is 0.261 e. The topological polar surface area (TPSA) is 84.9 Å². The van der Waals surface area contributed by atoms with Gasteiger partial charge in [0.25, 0.3) is 11.8 Å². The van der Waals surface area contributed by atoms with E-state index in [1.165, 1.54) is 0 Å². The van der Waals surface area contributed by atoms with Gasteiger partial charge in [-0.3, -0.25) is 19.3 Å². The second kappa shape index (κ2) is 9.14. The molecule has 1 aliphatic rings. The third-order valence-corrected chi connectivity index (χ3v) is 3.66. The Morgan fingerprint density at radius 3 is 2.38 bits per heavy atom. The molecular formula is C17H22N2O5. The van der Waals surface area contributed by atoms with Gasteiger partial charge in [0.15, 0.2) is 0 Å². The first-order chi connectivity index (χ1) is 11.6. The normalized spacial score (nSPS) is 13.3. The van der Waals surface area contributed by atoms with Crippen LogP contribution >= 0.6 is 0 Å². The predicted molar refractivity (Wildman–Crippen MR) is 86.7 cm³/mol. The number of rotatable bonds is 10. The van der Waals surface area contributed by atoms with E-state index < -0.39 is 0 Å². The molecule has 0 unspecified atom stereocenters. The fraction of sp³-hybridized carbons (Fsp3) is 0.471. The smallest absolute Gasteiger partial charge is 0.261 e. The molecule has 0 saturated heterocycles. The van der Waals surface area contributed by atoms with Gasteiger partial charge in [0.05, 0.1) is 24.3 Å². The molecule has 1 aromatic rings. The van der Waals surface area contributed by atoms with E-state index >= 15 is 0 Å². The highest BCUT2D eigenvalue weighted by atomic mass is 16.5. The molecular weight excluding hydrogens is 312 g/mol. The minimum absolute atomic E-state index is 0.0858. The molecule has 7 heteroatoms. The van der Waals surface area contributed by atoms with Crippen molar-refractivity contribution in [2.45, 2.75) is 12.8 Å². The molecule has 0 spiro atoms. The molecule has 1 heterocycles. The van der Waals surface area contributed by atoms with Gasteiger partial charge in [0, 0.05) is 33.2 Å². The molecule has 130 valence electrons. The minimum atomic E-state index is -0.338. The fourth-order valence-electron chi connectivity index (χ4n) is 2.39. The summed E-state index contributed by atoms with van der Waals surface area (Å²) in [7, 11) is 1.61. The largest absolute Gasteiger partial charge is 0.382 e. The number of nitrogens with one attached hydrogen (secondary N) is 1. The number of ether oxygens (including phenoxy) is 2. The number of nitrogens with zero attached hydrogens (tertiary/aromatic N) is 1. The van der Waals surface area contributed by atoms with Gasteiger partial charge in [-0.2, -0.15) is 0 Å². The fourth-order valence-corrected chi connectivity index (χ4v) is 2.39. The lowest BCUT2D eigenvalue weighted by atomic mass is 10.1. The number of methoxy groups -OCH3 is 1. The molecule has 7 nitrogen and oxygen atoms in total. The SMILES string of the molecule is COCCOCCCNC(=O)CCN1C(=O)c2ccccc2C1=O. The van der Waals surface area contributed by atoms with E-state index in [0.29, 0.717) is 43.9 Å². The highest BCUT2D eigenvalue weighted by molar-refractivity contribution is 6.21. The van der Waals surface area contributed by atoms with Crippen molar-refractivity contribution in [2.24, 2.45) is 0 Å². The average Bonchev–Trinajstić information content (AvgIpc) is 2.84. The van der Waals surface area contributed by atoms with Gasteiger partial charge in [0.1, 0.15) is 0 Å². The van der Waals surface area contributed by atoms with Gasteiger partial charge in [-0.25, -0.2) is 0 Å². The molecule has 1 aliphatic heterocycles. The molecule has 24 heavy (non-hydrogen) atoms. The van der Waals surface area contributed by atoms with E-state index in [-0.39, 0.29) is 30.7 Å². The summed E-state index contributed by atoms with van der Waals surface area (Å²) in [4.78, 5) is 37.2. The van der Waals surface area contributed by atoms with E-state index in [1.807, 2.05) is 0 Å². The monoisotopic (exact) mass is 334 g/mol. The molecule has 0 radical (unpaired) electrons. The first kappa shape index (κ1) is 18.1. The van der Waals surface area contributed by atoms with Crippen molar-refractivity contribution in [3.8, 4) is 0 Å². The van der Waals surface area contributed by atoms with Crippen LogP contribution in [0, 0.1) is 0 Å². The molecule has 1 aromatic carbocycles. The first-order valence-electron chi connectivity index (χ1n) is 7.93. The second-order valence-electron chi connectivity index (χ2n) is 5.37. The summed E-state index contributed by atoms with van der Waals surface area (Å²) in [6, 6.07) is 6.68. The zero-order chi connectivity index (χ0) is 17.4. The zero-order valence-electron chi connectivity index (χ0n) is 13.7. The third-order valence-electron chi connectivity index (χ3n) is 3.66. The number of hydrogen-bond donors (Lipinski definition) is 1. The van der Waals surface area contributed by atoms with Gasteiger partial charge in [0.2, 0.25) is 5.91 Å². The van der Waals surface area contributed by atoms with Crippen molar-refractivity contribution in [2.75, 3.05) is 40.0 Å². The Kier molecular flexibility index (Phi) is 6.89. The summed E-state index contributed by atoms with van der Waals surface area (Å²) >= 11 is 0. The molecule has 0 fully saturated rings. The number of carbonyl (C=O) groups is 3. The Bertz CT molecular complexity index is 567. The van der Waals surface area contributed by atoms with Crippen molar-refractivity contribution in [1.29, 1.82) is 0 Å². The van der Waals surface area contributed by atoms with Crippen LogP contribution in [0.15, 0.2) is 24.3 Å². The van der Waals surface area contributed by atoms with Crippen LogP contribution in [-0.4, -0.2) is 62.6 Å². The van der Waals surface area contributed by atoms with E-state index in [4.69, 9.17) is 9.47 Å². The quantitative estimate of drug-likeness (QED) is 0.506. The maximum absolute atomic E-state index is 12.2. The van der Waals surface area contributed by atoms with Gasteiger partial charge in [-0.15, -0.1) is 0 Å². The Hall–Kier alpha value is -2.25. The van der Waals surface area contributed by atoms with Crippen molar-refractivity contribution in [3.05, 3.63) is 35.4 Å². The molecule has 0 saturated carbocycles. The number of fused-ring (bicyclic) bond motifs is 1. The highest BCUT2D eigenvalue weighted by Crippen LogP contribution is 2.22. The summed E-state index contributed by atoms with van der Waals surface area (Å²) in [5.74, 6) is -0.867. The Labute approximate surface area is 140 Å². The van der Waals surface area contributed by atoms with E-state index in [2.05, 4.69) is 5.32 Å². The van der Waals surface area contributed by atoms with Crippen molar-refractivity contribution in [1.82, 2.24) is 10.2 Å². The molecule has 1 N–H and O–H groups in total. The van der Waals surface area contributed by atoms with Gasteiger partial charge in [-0.05, 0) is 18.6 Å². The number of amides is 3. The van der Waals surface area contributed by atoms with Crippen molar-refractivity contribution < 1.29 is 23.9 Å².